The zero-order chi connectivity index (χ0) is 47.3. The van der Waals surface area contributed by atoms with Gasteiger partial charge in [0.25, 0.3) is 5.91 Å². The topological polar surface area (TPSA) is 199 Å². The summed E-state index contributed by atoms with van der Waals surface area (Å²) in [5.41, 5.74) is 2.36. The zero-order valence-electron chi connectivity index (χ0n) is 38.3. The van der Waals surface area contributed by atoms with Gasteiger partial charge in [0.05, 0.1) is 65.6 Å². The molecule has 0 aliphatic carbocycles. The molecule has 1 amide bonds. The van der Waals surface area contributed by atoms with Crippen molar-refractivity contribution in [2.45, 2.75) is 92.9 Å². The van der Waals surface area contributed by atoms with Crippen molar-refractivity contribution in [3.63, 3.8) is 0 Å². The second-order valence-electron chi connectivity index (χ2n) is 15.8. The molecule has 0 bridgehead atoms. The van der Waals surface area contributed by atoms with Crippen LogP contribution in [0.5, 0.6) is 0 Å². The third kappa shape index (κ3) is 14.2. The fourth-order valence-corrected chi connectivity index (χ4v) is 8.16. The third-order valence-corrected chi connectivity index (χ3v) is 12.1. The number of unbranched alkanes of at least 4 members (excludes halogenated alkanes) is 2. The number of hydrogen-bond donors (Lipinski definition) is 0. The van der Waals surface area contributed by atoms with E-state index in [-0.39, 0.29) is 72.9 Å². The molecule has 2 unspecified atom stereocenters. The Morgan fingerprint density at radius 3 is 1.69 bits per heavy atom. The van der Waals surface area contributed by atoms with E-state index in [2.05, 4.69) is 24.1 Å². The van der Waals surface area contributed by atoms with Gasteiger partial charge in [-0.15, -0.1) is 11.3 Å². The van der Waals surface area contributed by atoms with Crippen LogP contribution in [0.15, 0.2) is 87.7 Å². The van der Waals surface area contributed by atoms with Crippen LogP contribution in [0.2, 0.25) is 0 Å². The summed E-state index contributed by atoms with van der Waals surface area (Å²) in [7, 11) is 0. The number of esters is 3. The van der Waals surface area contributed by atoms with Gasteiger partial charge in [-0.1, -0.05) is 79.4 Å². The summed E-state index contributed by atoms with van der Waals surface area (Å²) < 4.78 is 16.7. The molecule has 14 nitrogen and oxygen atoms in total. The Balaban J connectivity index is 1.46. The fourth-order valence-electron chi connectivity index (χ4n) is 7.10. The minimum absolute atomic E-state index is 0.0641. The Labute approximate surface area is 386 Å². The molecule has 2 atom stereocenters. The van der Waals surface area contributed by atoms with Crippen molar-refractivity contribution in [3.05, 3.63) is 82.4 Å². The van der Waals surface area contributed by atoms with E-state index in [0.29, 0.717) is 29.3 Å². The second kappa shape index (κ2) is 26.2. The number of thiophene rings is 1. The largest absolute Gasteiger partial charge is 0.464 e. The lowest BCUT2D eigenvalue weighted by molar-refractivity contribution is -0.149. The number of rotatable bonds is 25. The van der Waals surface area contributed by atoms with Crippen LogP contribution in [-0.4, -0.2) is 68.2 Å². The maximum Gasteiger partial charge on any atom is 0.308 e. The van der Waals surface area contributed by atoms with Crippen LogP contribution in [0, 0.1) is 51.7 Å². The Kier molecular flexibility index (Phi) is 20.6. The molecule has 0 saturated heterocycles. The van der Waals surface area contributed by atoms with Gasteiger partial charge in [0.1, 0.15) is 38.0 Å². The number of amides is 1. The van der Waals surface area contributed by atoms with Gasteiger partial charge < -0.3 is 24.0 Å². The van der Waals surface area contributed by atoms with Crippen LogP contribution in [0.25, 0.3) is 16.0 Å². The first-order chi connectivity index (χ1) is 31.4. The van der Waals surface area contributed by atoms with Crippen molar-refractivity contribution in [2.24, 2.45) is 28.0 Å². The van der Waals surface area contributed by atoms with Gasteiger partial charge in [-0.3, -0.25) is 19.2 Å². The van der Waals surface area contributed by atoms with E-state index in [9.17, 15) is 35.0 Å². The lowest BCUT2D eigenvalue weighted by atomic mass is 10.00. The summed E-state index contributed by atoms with van der Waals surface area (Å²) >= 11 is 1.27. The molecule has 1 aromatic heterocycles. The van der Waals surface area contributed by atoms with Crippen LogP contribution in [0.1, 0.15) is 97.8 Å². The molecule has 0 spiro atoms. The first kappa shape index (κ1) is 51.0. The number of nitriles is 3. The van der Waals surface area contributed by atoms with Gasteiger partial charge in [0.15, 0.2) is 5.57 Å². The predicted molar refractivity (Wildman–Crippen MR) is 249 cm³/mol. The molecular weight excluding hydrogens is 843 g/mol. The van der Waals surface area contributed by atoms with Gasteiger partial charge in [0.2, 0.25) is 0 Å². The molecule has 1 aliphatic heterocycles. The molecule has 65 heavy (non-hydrogen) atoms. The van der Waals surface area contributed by atoms with Gasteiger partial charge in [-0.05, 0) is 79.8 Å². The van der Waals surface area contributed by atoms with E-state index in [1.807, 2.05) is 67.3 Å². The van der Waals surface area contributed by atoms with Gasteiger partial charge in [-0.25, -0.2) is 0 Å². The number of allylic oxidation sites excluding steroid dienone is 2. The molecule has 0 radical (unpaired) electrons. The molecule has 342 valence electrons. The normalized spacial score (nSPS) is 13.3. The van der Waals surface area contributed by atoms with Gasteiger partial charge >= 0.3 is 17.9 Å². The van der Waals surface area contributed by atoms with Crippen LogP contribution in [-0.2, 0) is 33.4 Å². The van der Waals surface area contributed by atoms with Crippen LogP contribution < -0.4 is 4.90 Å². The van der Waals surface area contributed by atoms with E-state index in [0.717, 1.165) is 72.4 Å². The molecule has 2 aromatic carbocycles. The predicted octanol–water partition coefficient (Wildman–Crippen LogP) is 10.8. The van der Waals surface area contributed by atoms with E-state index in [1.54, 1.807) is 44.2 Å². The zero-order valence-corrected chi connectivity index (χ0v) is 39.1. The van der Waals surface area contributed by atoms with Crippen molar-refractivity contribution in [2.75, 3.05) is 44.4 Å². The standard InChI is InChI=1S/C50H59N7O7S/c1-7-11-13-35(9-3)49(60)63-28-25-56(26-29-64-50(61)36(10-4)14-12-8-2)41-21-19-40(20-22-41)55-54-39-17-15-37(16-18-39)43-23-24-44(65-43)45-42(33-53)46(38(31-51)32-52)57(47(45)58)27-30-62-48(59)34(5)6/h15-24,34-36H,7-14,25-30H2,1-6H3/b55-54+. The highest BCUT2D eigenvalue weighted by atomic mass is 32.1. The van der Waals surface area contributed by atoms with Crippen LogP contribution >= 0.6 is 11.3 Å². The number of ether oxygens (including phenoxy) is 3. The van der Waals surface area contributed by atoms with Gasteiger partial charge in [0, 0.05) is 15.4 Å². The second-order valence-corrected chi connectivity index (χ2v) is 16.9. The van der Waals surface area contributed by atoms with E-state index >= 15 is 0 Å². The minimum Gasteiger partial charge on any atom is -0.464 e. The number of benzene rings is 2. The maximum absolute atomic E-state index is 13.8. The molecule has 0 saturated carbocycles. The molecule has 0 fully saturated rings. The molecule has 1 aliphatic rings. The van der Waals surface area contributed by atoms with Crippen LogP contribution in [0.4, 0.5) is 17.1 Å². The van der Waals surface area contributed by atoms with Crippen molar-refractivity contribution in [1.82, 2.24) is 4.90 Å². The summed E-state index contributed by atoms with van der Waals surface area (Å²) in [5.74, 6) is -2.02. The molecular formula is C50H59N7O7S. The van der Waals surface area contributed by atoms with E-state index in [1.165, 1.54) is 11.3 Å². The lowest BCUT2D eigenvalue weighted by Crippen LogP contribution is -2.33. The number of hydrogen-bond acceptors (Lipinski definition) is 14. The van der Waals surface area contributed by atoms with Crippen molar-refractivity contribution in [1.29, 1.82) is 15.8 Å². The fraction of sp³-hybridized carbons (Fsp3) is 0.460. The lowest BCUT2D eigenvalue weighted by Gasteiger charge is -2.25. The Bertz CT molecular complexity index is 2280. The highest BCUT2D eigenvalue weighted by molar-refractivity contribution is 7.17. The third-order valence-electron chi connectivity index (χ3n) is 11.0. The first-order valence-electron chi connectivity index (χ1n) is 22.4. The highest BCUT2D eigenvalue weighted by Gasteiger charge is 2.39. The monoisotopic (exact) mass is 901 g/mol. The molecule has 15 heteroatoms. The van der Waals surface area contributed by atoms with E-state index < -0.39 is 17.4 Å². The SMILES string of the molecule is CCCCC(CC)C(=O)OCCN(CCOC(=O)C(CC)CCCC)c1ccc(/N=N/c2ccc(-c3ccc(C4=C(C#N)C(=C(C#N)C#N)N(CCOC(=O)C(C)C)C4=O)s3)cc2)cc1. The van der Waals surface area contributed by atoms with Crippen LogP contribution in [0.3, 0.4) is 0 Å². The smallest absolute Gasteiger partial charge is 0.308 e. The number of azo groups is 1. The number of nitrogens with zero attached hydrogens (tertiary/aromatic N) is 7. The number of anilines is 1. The first-order valence-corrected chi connectivity index (χ1v) is 23.2. The quantitative estimate of drug-likeness (QED) is 0.0339. The summed E-state index contributed by atoms with van der Waals surface area (Å²) in [5, 5.41) is 38.4. The summed E-state index contributed by atoms with van der Waals surface area (Å²) in [4.78, 5) is 55.9. The van der Waals surface area contributed by atoms with E-state index in [4.69, 9.17) is 14.2 Å². The Hall–Kier alpha value is -6.63. The van der Waals surface area contributed by atoms with Crippen molar-refractivity contribution < 1.29 is 33.4 Å². The molecule has 2 heterocycles. The molecule has 0 N–H and O–H groups in total. The maximum atomic E-state index is 13.8. The minimum atomic E-state index is -0.572. The molecule has 4 rings (SSSR count). The summed E-state index contributed by atoms with van der Waals surface area (Å²) in [6.45, 7) is 12.5. The highest BCUT2D eigenvalue weighted by Crippen LogP contribution is 2.41. The number of carbonyl (C=O) groups is 4. The molecule has 3 aromatic rings. The summed E-state index contributed by atoms with van der Waals surface area (Å²) in [6, 6.07) is 24.0. The average Bonchev–Trinajstić information content (AvgIpc) is 3.91. The summed E-state index contributed by atoms with van der Waals surface area (Å²) in [6.07, 6.45) is 7.07. The Morgan fingerprint density at radius 2 is 1.22 bits per heavy atom. The average molecular weight is 902 g/mol. The Morgan fingerprint density at radius 1 is 0.708 bits per heavy atom. The van der Waals surface area contributed by atoms with Crippen molar-refractivity contribution >= 4 is 57.8 Å². The number of carbonyl (C=O) groups excluding carboxylic acids is 4. The van der Waals surface area contributed by atoms with Gasteiger partial charge in [-0.2, -0.15) is 26.0 Å². The van der Waals surface area contributed by atoms with Crippen molar-refractivity contribution in [3.8, 4) is 28.6 Å².